The largest absolute Gasteiger partial charge is 0.298 e. The number of para-hydroxylation sites is 1. The molecule has 1 fully saturated rings. The number of hydrogen-bond donors (Lipinski definition) is 0. The number of aromatic nitrogens is 1. The van der Waals surface area contributed by atoms with Crippen LogP contribution >= 0.6 is 0 Å². The first-order valence-corrected chi connectivity index (χ1v) is 12.6. The molecule has 2 heterocycles. The fraction of sp³-hybridized carbons (Fsp3) is 0.360. The molecule has 0 aliphatic carbocycles. The van der Waals surface area contributed by atoms with E-state index in [4.69, 9.17) is 0 Å². The molecule has 32 heavy (non-hydrogen) atoms. The second-order valence-electron chi connectivity index (χ2n) is 8.22. The van der Waals surface area contributed by atoms with Gasteiger partial charge in [-0.25, -0.2) is 8.42 Å². The molecule has 0 atom stereocenters. The van der Waals surface area contributed by atoms with E-state index in [1.165, 1.54) is 0 Å². The smallest absolute Gasteiger partial charge is 0.243 e. The van der Waals surface area contributed by atoms with Gasteiger partial charge in [0, 0.05) is 49.7 Å². The molecule has 0 radical (unpaired) electrons. The lowest BCUT2D eigenvalue weighted by Gasteiger charge is -2.22. The van der Waals surface area contributed by atoms with Crippen LogP contribution in [-0.2, 0) is 16.6 Å². The molecule has 6 nitrogen and oxygen atoms in total. The maximum atomic E-state index is 13.2. The minimum atomic E-state index is -3.59. The van der Waals surface area contributed by atoms with Crippen LogP contribution in [0.4, 0.5) is 0 Å². The van der Waals surface area contributed by atoms with E-state index in [-0.39, 0.29) is 10.7 Å². The number of carbonyl (C=O) groups excluding carboxylic acids is 1. The van der Waals surface area contributed by atoms with Crippen molar-refractivity contribution in [3.8, 4) is 0 Å². The SMILES string of the molecule is CCCC(=O)c1ccc(S(=O)(=O)N2CCCN(Cc3cccc4cccnc34)CC2)cc1. The summed E-state index contributed by atoms with van der Waals surface area (Å²) in [6, 6.07) is 16.6. The first-order valence-electron chi connectivity index (χ1n) is 11.2. The van der Waals surface area contributed by atoms with Crippen molar-refractivity contribution in [2.75, 3.05) is 26.2 Å². The van der Waals surface area contributed by atoms with Gasteiger partial charge in [-0.1, -0.05) is 43.3 Å². The summed E-state index contributed by atoms with van der Waals surface area (Å²) in [5, 5.41) is 1.12. The molecule has 0 N–H and O–H groups in total. The van der Waals surface area contributed by atoms with E-state index < -0.39 is 10.0 Å². The van der Waals surface area contributed by atoms with Gasteiger partial charge in [-0.15, -0.1) is 0 Å². The van der Waals surface area contributed by atoms with Crippen LogP contribution in [0.2, 0.25) is 0 Å². The molecule has 168 valence electrons. The topological polar surface area (TPSA) is 70.6 Å². The maximum Gasteiger partial charge on any atom is 0.243 e. The number of benzene rings is 2. The van der Waals surface area contributed by atoms with Crippen LogP contribution in [0.5, 0.6) is 0 Å². The van der Waals surface area contributed by atoms with Crippen LogP contribution in [0.15, 0.2) is 65.7 Å². The Morgan fingerprint density at radius 2 is 1.75 bits per heavy atom. The van der Waals surface area contributed by atoms with E-state index in [9.17, 15) is 13.2 Å². The van der Waals surface area contributed by atoms with Gasteiger partial charge in [0.15, 0.2) is 5.78 Å². The van der Waals surface area contributed by atoms with Crippen LogP contribution in [0, 0.1) is 0 Å². The summed E-state index contributed by atoms with van der Waals surface area (Å²) < 4.78 is 28.0. The lowest BCUT2D eigenvalue weighted by molar-refractivity contribution is 0.0981. The number of carbonyl (C=O) groups is 1. The predicted molar refractivity (Wildman–Crippen MR) is 126 cm³/mol. The molecule has 1 saturated heterocycles. The highest BCUT2D eigenvalue weighted by molar-refractivity contribution is 7.89. The summed E-state index contributed by atoms with van der Waals surface area (Å²) in [6.07, 6.45) is 3.83. The van der Waals surface area contributed by atoms with Crippen molar-refractivity contribution in [1.29, 1.82) is 0 Å². The normalized spacial score (nSPS) is 16.2. The number of fused-ring (bicyclic) bond motifs is 1. The highest BCUT2D eigenvalue weighted by atomic mass is 32.2. The number of ketones is 1. The Balaban J connectivity index is 1.45. The molecule has 4 rings (SSSR count). The molecule has 0 unspecified atom stereocenters. The van der Waals surface area contributed by atoms with Crippen LogP contribution < -0.4 is 0 Å². The van der Waals surface area contributed by atoms with Crippen molar-refractivity contribution >= 4 is 26.7 Å². The third-order valence-electron chi connectivity index (χ3n) is 5.95. The fourth-order valence-corrected chi connectivity index (χ4v) is 5.68. The van der Waals surface area contributed by atoms with Gasteiger partial charge in [0.25, 0.3) is 0 Å². The Kier molecular flexibility index (Phi) is 6.98. The lowest BCUT2D eigenvalue weighted by atomic mass is 10.1. The quantitative estimate of drug-likeness (QED) is 0.506. The van der Waals surface area contributed by atoms with Crippen LogP contribution in [0.1, 0.15) is 42.1 Å². The van der Waals surface area contributed by atoms with Crippen molar-refractivity contribution in [3.05, 3.63) is 71.9 Å². The fourth-order valence-electron chi connectivity index (χ4n) is 4.21. The van der Waals surface area contributed by atoms with Crippen molar-refractivity contribution in [1.82, 2.24) is 14.2 Å². The molecular weight excluding hydrogens is 422 g/mol. The van der Waals surface area contributed by atoms with Crippen LogP contribution in [-0.4, -0.2) is 54.6 Å². The summed E-state index contributed by atoms with van der Waals surface area (Å²) in [6.45, 7) is 5.13. The van der Waals surface area contributed by atoms with Gasteiger partial charge in [0.05, 0.1) is 10.4 Å². The number of pyridine rings is 1. The third-order valence-corrected chi connectivity index (χ3v) is 7.86. The molecule has 0 spiro atoms. The van der Waals surface area contributed by atoms with Crippen molar-refractivity contribution in [2.45, 2.75) is 37.6 Å². The predicted octanol–water partition coefficient (Wildman–Crippen LogP) is 4.11. The summed E-state index contributed by atoms with van der Waals surface area (Å²) in [5.74, 6) is 0.0461. The highest BCUT2D eigenvalue weighted by Crippen LogP contribution is 2.22. The van der Waals surface area contributed by atoms with Gasteiger partial charge in [-0.05, 0) is 43.1 Å². The number of nitrogens with zero attached hydrogens (tertiary/aromatic N) is 3. The second-order valence-corrected chi connectivity index (χ2v) is 10.2. The molecule has 0 saturated carbocycles. The zero-order chi connectivity index (χ0) is 22.6. The van der Waals surface area contributed by atoms with Crippen molar-refractivity contribution in [3.63, 3.8) is 0 Å². The Labute approximate surface area is 189 Å². The standard InChI is InChI=1S/C25H29N3O3S/c1-2-6-24(29)20-10-12-23(13-11-20)32(30,31)28-16-5-15-27(17-18-28)19-22-8-3-7-21-9-4-14-26-25(21)22/h3-4,7-14H,2,5-6,15-19H2,1H3. The number of Topliss-reactive ketones (excluding diaryl/α,β-unsaturated/α-hetero) is 1. The summed E-state index contributed by atoms with van der Waals surface area (Å²) in [5.41, 5.74) is 2.73. The molecular formula is C25H29N3O3S. The summed E-state index contributed by atoms with van der Waals surface area (Å²) >= 11 is 0. The van der Waals surface area contributed by atoms with E-state index >= 15 is 0 Å². The molecule has 0 amide bonds. The zero-order valence-corrected chi connectivity index (χ0v) is 19.2. The highest BCUT2D eigenvalue weighted by Gasteiger charge is 2.27. The van der Waals surface area contributed by atoms with E-state index in [1.54, 1.807) is 28.6 Å². The molecule has 1 aliphatic rings. The number of sulfonamides is 1. The van der Waals surface area contributed by atoms with Crippen LogP contribution in [0.25, 0.3) is 10.9 Å². The van der Waals surface area contributed by atoms with Gasteiger partial charge in [0.1, 0.15) is 0 Å². The second kappa shape index (κ2) is 9.90. The van der Waals surface area contributed by atoms with Gasteiger partial charge in [0.2, 0.25) is 10.0 Å². The summed E-state index contributed by atoms with van der Waals surface area (Å²) in [7, 11) is -3.59. The maximum absolute atomic E-state index is 13.2. The molecule has 1 aliphatic heterocycles. The number of hydrogen-bond acceptors (Lipinski definition) is 5. The van der Waals surface area contributed by atoms with Crippen molar-refractivity contribution in [2.24, 2.45) is 0 Å². The van der Waals surface area contributed by atoms with E-state index in [0.29, 0.717) is 31.6 Å². The average Bonchev–Trinajstić information content (AvgIpc) is 3.06. The monoisotopic (exact) mass is 451 g/mol. The third kappa shape index (κ3) is 4.90. The summed E-state index contributed by atoms with van der Waals surface area (Å²) in [4.78, 5) is 19.1. The van der Waals surface area contributed by atoms with Gasteiger partial charge in [-0.3, -0.25) is 14.7 Å². The Morgan fingerprint density at radius 1 is 0.969 bits per heavy atom. The first kappa shape index (κ1) is 22.6. The lowest BCUT2D eigenvalue weighted by Crippen LogP contribution is -2.35. The van der Waals surface area contributed by atoms with Gasteiger partial charge < -0.3 is 0 Å². The molecule has 7 heteroatoms. The van der Waals surface area contributed by atoms with E-state index in [1.807, 2.05) is 25.3 Å². The van der Waals surface area contributed by atoms with Crippen molar-refractivity contribution < 1.29 is 13.2 Å². The average molecular weight is 452 g/mol. The van der Waals surface area contributed by atoms with Gasteiger partial charge >= 0.3 is 0 Å². The zero-order valence-electron chi connectivity index (χ0n) is 18.4. The Morgan fingerprint density at radius 3 is 2.53 bits per heavy atom. The molecule has 3 aromatic rings. The molecule has 2 aromatic carbocycles. The minimum Gasteiger partial charge on any atom is -0.298 e. The molecule has 0 bridgehead atoms. The minimum absolute atomic E-state index is 0.0461. The van der Waals surface area contributed by atoms with E-state index in [0.717, 1.165) is 42.4 Å². The number of rotatable bonds is 7. The Hall–Kier alpha value is -2.61. The van der Waals surface area contributed by atoms with Gasteiger partial charge in [-0.2, -0.15) is 4.31 Å². The first-order chi connectivity index (χ1) is 15.5. The molecule has 1 aromatic heterocycles. The van der Waals surface area contributed by atoms with E-state index in [2.05, 4.69) is 28.1 Å². The van der Waals surface area contributed by atoms with Crippen LogP contribution in [0.3, 0.4) is 0 Å². The Bertz CT molecular complexity index is 1190.